The number of carbonyl (C=O) groups is 1. The van der Waals surface area contributed by atoms with Gasteiger partial charge < -0.3 is 9.47 Å². The van der Waals surface area contributed by atoms with Crippen molar-refractivity contribution < 1.29 is 19.2 Å². The summed E-state index contributed by atoms with van der Waals surface area (Å²) in [5.74, 6) is 0.351. The number of esters is 1. The summed E-state index contributed by atoms with van der Waals surface area (Å²) in [6, 6.07) is 17.3. The molecular formula is C24H23N3O5. The molecule has 0 unspecified atom stereocenters. The molecule has 0 N–H and O–H groups in total. The van der Waals surface area contributed by atoms with Crippen LogP contribution in [0.2, 0.25) is 0 Å². The zero-order valence-corrected chi connectivity index (χ0v) is 17.7. The second-order valence-electron chi connectivity index (χ2n) is 7.07. The Morgan fingerprint density at radius 1 is 0.969 bits per heavy atom. The van der Waals surface area contributed by atoms with Crippen LogP contribution in [0.3, 0.4) is 0 Å². The zero-order chi connectivity index (χ0) is 22.9. The van der Waals surface area contributed by atoms with Crippen LogP contribution in [-0.2, 0) is 9.53 Å². The van der Waals surface area contributed by atoms with Gasteiger partial charge in [-0.25, -0.2) is 4.79 Å². The number of nitro groups is 1. The fourth-order valence-corrected chi connectivity index (χ4v) is 2.90. The summed E-state index contributed by atoms with van der Waals surface area (Å²) in [5.41, 5.74) is 1.58. The molecule has 0 radical (unpaired) electrons. The highest BCUT2D eigenvalue weighted by Crippen LogP contribution is 2.34. The number of unbranched alkanes of at least 4 members (excludes halogenated alkanes) is 1. The predicted octanol–water partition coefficient (Wildman–Crippen LogP) is 6.44. The average Bonchev–Trinajstić information content (AvgIpc) is 2.80. The van der Waals surface area contributed by atoms with Gasteiger partial charge >= 0.3 is 5.97 Å². The number of nitrogens with zero attached hydrogens (tertiary/aromatic N) is 3. The number of ether oxygens (including phenoxy) is 2. The molecule has 0 aromatic heterocycles. The van der Waals surface area contributed by atoms with Gasteiger partial charge in [-0.2, -0.15) is 5.11 Å². The minimum absolute atomic E-state index is 0.00452. The number of hydrogen-bond acceptors (Lipinski definition) is 7. The highest BCUT2D eigenvalue weighted by Gasteiger charge is 2.08. The SMILES string of the molecule is C=C(C)C(=O)OCCCCOc1ccc(N=Nc2ccc([N+](=O)[O-])cc2)c2ccccc12. The van der Waals surface area contributed by atoms with Crippen molar-refractivity contribution in [3.63, 3.8) is 0 Å². The van der Waals surface area contributed by atoms with E-state index >= 15 is 0 Å². The lowest BCUT2D eigenvalue weighted by molar-refractivity contribution is -0.384. The first-order chi connectivity index (χ1) is 15.5. The van der Waals surface area contributed by atoms with E-state index < -0.39 is 4.92 Å². The van der Waals surface area contributed by atoms with Crippen LogP contribution in [0.5, 0.6) is 5.75 Å². The van der Waals surface area contributed by atoms with E-state index in [1.807, 2.05) is 36.4 Å². The summed E-state index contributed by atoms with van der Waals surface area (Å²) >= 11 is 0. The smallest absolute Gasteiger partial charge is 0.333 e. The number of hydrogen-bond donors (Lipinski definition) is 0. The molecule has 3 aromatic carbocycles. The Kier molecular flexibility index (Phi) is 7.64. The van der Waals surface area contributed by atoms with Crippen LogP contribution in [0.15, 0.2) is 83.0 Å². The number of fused-ring (bicyclic) bond motifs is 1. The molecule has 32 heavy (non-hydrogen) atoms. The Morgan fingerprint density at radius 2 is 1.66 bits per heavy atom. The number of rotatable bonds is 10. The lowest BCUT2D eigenvalue weighted by Gasteiger charge is -2.11. The third-order valence-electron chi connectivity index (χ3n) is 4.57. The number of benzene rings is 3. The van der Waals surface area contributed by atoms with Gasteiger partial charge in [0.1, 0.15) is 5.75 Å². The van der Waals surface area contributed by atoms with E-state index in [4.69, 9.17) is 9.47 Å². The van der Waals surface area contributed by atoms with Crippen molar-refractivity contribution >= 4 is 33.8 Å². The number of nitro benzene ring substituents is 1. The number of azo groups is 1. The van der Waals surface area contributed by atoms with Crippen LogP contribution in [0.4, 0.5) is 17.1 Å². The highest BCUT2D eigenvalue weighted by atomic mass is 16.6. The molecule has 0 saturated carbocycles. The Labute approximate surface area is 185 Å². The Hall–Kier alpha value is -4.07. The Balaban J connectivity index is 1.64. The van der Waals surface area contributed by atoms with E-state index in [1.165, 1.54) is 12.1 Å². The summed E-state index contributed by atoms with van der Waals surface area (Å²) < 4.78 is 11.0. The molecule has 3 aromatic rings. The molecule has 0 bridgehead atoms. The van der Waals surface area contributed by atoms with Crippen molar-refractivity contribution in [2.75, 3.05) is 13.2 Å². The van der Waals surface area contributed by atoms with Crippen LogP contribution in [0.25, 0.3) is 10.8 Å². The summed E-state index contributed by atoms with van der Waals surface area (Å²) in [5, 5.41) is 21.1. The summed E-state index contributed by atoms with van der Waals surface area (Å²) in [6.07, 6.45) is 1.43. The van der Waals surface area contributed by atoms with Gasteiger partial charge in [0.05, 0.1) is 29.5 Å². The van der Waals surface area contributed by atoms with Gasteiger partial charge in [0.25, 0.3) is 5.69 Å². The third kappa shape index (κ3) is 5.98. The molecule has 0 heterocycles. The fraction of sp³-hybridized carbons (Fsp3) is 0.208. The zero-order valence-electron chi connectivity index (χ0n) is 17.7. The van der Waals surface area contributed by atoms with Crippen molar-refractivity contribution in [2.24, 2.45) is 10.2 Å². The molecule has 164 valence electrons. The van der Waals surface area contributed by atoms with Crippen LogP contribution in [-0.4, -0.2) is 24.1 Å². The normalized spacial score (nSPS) is 10.9. The molecular weight excluding hydrogens is 410 g/mol. The van der Waals surface area contributed by atoms with Crippen molar-refractivity contribution in [3.05, 3.63) is 82.9 Å². The van der Waals surface area contributed by atoms with Crippen LogP contribution >= 0.6 is 0 Å². The van der Waals surface area contributed by atoms with E-state index in [9.17, 15) is 14.9 Å². The molecule has 8 heteroatoms. The van der Waals surface area contributed by atoms with Gasteiger partial charge in [-0.1, -0.05) is 30.8 Å². The minimum atomic E-state index is -0.456. The molecule has 0 saturated heterocycles. The van der Waals surface area contributed by atoms with Gasteiger partial charge in [-0.15, -0.1) is 5.11 Å². The predicted molar refractivity (Wildman–Crippen MR) is 122 cm³/mol. The lowest BCUT2D eigenvalue weighted by atomic mass is 10.1. The molecule has 0 atom stereocenters. The molecule has 0 aliphatic rings. The van der Waals surface area contributed by atoms with E-state index in [0.717, 1.165) is 22.9 Å². The highest BCUT2D eigenvalue weighted by molar-refractivity contribution is 5.96. The summed E-state index contributed by atoms with van der Waals surface area (Å²) in [4.78, 5) is 21.7. The Morgan fingerprint density at radius 3 is 2.34 bits per heavy atom. The fourth-order valence-electron chi connectivity index (χ4n) is 2.90. The second kappa shape index (κ2) is 10.8. The van der Waals surface area contributed by atoms with Crippen LogP contribution in [0.1, 0.15) is 19.8 Å². The van der Waals surface area contributed by atoms with Gasteiger partial charge in [0, 0.05) is 28.5 Å². The van der Waals surface area contributed by atoms with Gasteiger partial charge in [-0.05, 0) is 44.0 Å². The first-order valence-corrected chi connectivity index (χ1v) is 10.1. The molecule has 0 aliphatic heterocycles. The summed E-state index contributed by atoms with van der Waals surface area (Å²) in [7, 11) is 0. The van der Waals surface area contributed by atoms with Gasteiger partial charge in [0.15, 0.2) is 0 Å². The average molecular weight is 433 g/mol. The van der Waals surface area contributed by atoms with Crippen molar-refractivity contribution in [2.45, 2.75) is 19.8 Å². The minimum Gasteiger partial charge on any atom is -0.493 e. The van der Waals surface area contributed by atoms with Crippen molar-refractivity contribution in [1.82, 2.24) is 0 Å². The van der Waals surface area contributed by atoms with Crippen LogP contribution in [0, 0.1) is 10.1 Å². The topological polar surface area (TPSA) is 103 Å². The molecule has 0 aliphatic carbocycles. The Bertz CT molecular complexity index is 1160. The number of carbonyl (C=O) groups excluding carboxylic acids is 1. The standard InChI is InChI=1S/C24H23N3O5/c1-17(2)24(28)32-16-6-5-15-31-23-14-13-22(20-7-3-4-8-21(20)23)26-25-18-9-11-19(12-10-18)27(29)30/h3-4,7-14H,1,5-6,15-16H2,2H3. The van der Waals surface area contributed by atoms with Crippen molar-refractivity contribution in [1.29, 1.82) is 0 Å². The number of non-ortho nitro benzene ring substituents is 1. The molecule has 8 nitrogen and oxygen atoms in total. The maximum atomic E-state index is 11.4. The van der Waals surface area contributed by atoms with E-state index in [-0.39, 0.29) is 11.7 Å². The molecule has 0 amide bonds. The molecule has 3 rings (SSSR count). The summed E-state index contributed by atoms with van der Waals surface area (Å²) in [6.45, 7) is 5.98. The maximum absolute atomic E-state index is 11.4. The largest absolute Gasteiger partial charge is 0.493 e. The maximum Gasteiger partial charge on any atom is 0.333 e. The van der Waals surface area contributed by atoms with E-state index in [1.54, 1.807) is 19.1 Å². The second-order valence-corrected chi connectivity index (χ2v) is 7.07. The quantitative estimate of drug-likeness (QED) is 0.0913. The van der Waals surface area contributed by atoms with Crippen LogP contribution < -0.4 is 4.74 Å². The first-order valence-electron chi connectivity index (χ1n) is 10.1. The third-order valence-corrected chi connectivity index (χ3v) is 4.57. The molecule has 0 spiro atoms. The molecule has 0 fully saturated rings. The van der Waals surface area contributed by atoms with E-state index in [2.05, 4.69) is 16.8 Å². The van der Waals surface area contributed by atoms with Gasteiger partial charge in [0.2, 0.25) is 0 Å². The monoisotopic (exact) mass is 433 g/mol. The van der Waals surface area contributed by atoms with Gasteiger partial charge in [-0.3, -0.25) is 10.1 Å². The van der Waals surface area contributed by atoms with E-state index in [0.29, 0.717) is 36.6 Å². The lowest BCUT2D eigenvalue weighted by Crippen LogP contribution is -2.07. The van der Waals surface area contributed by atoms with Crippen molar-refractivity contribution in [3.8, 4) is 5.75 Å². The first kappa shape index (κ1) is 22.6.